The van der Waals surface area contributed by atoms with E-state index >= 15 is 0 Å². The van der Waals surface area contributed by atoms with Crippen LogP contribution in [0.2, 0.25) is 13.1 Å². The Hall–Kier alpha value is -5.69. The summed E-state index contributed by atoms with van der Waals surface area (Å²) in [6, 6.07) is 56.3. The van der Waals surface area contributed by atoms with Crippen molar-refractivity contribution in [3.8, 4) is 23.0 Å². The molecule has 0 aliphatic carbocycles. The Bertz CT molecular complexity index is 2470. The molecule has 0 spiro atoms. The number of anilines is 6. The van der Waals surface area contributed by atoms with Crippen molar-refractivity contribution < 1.29 is 9.47 Å². The van der Waals surface area contributed by atoms with Crippen LogP contribution in [0.25, 0.3) is 0 Å². The molecular formula is C47H38N2O2SSi. The summed E-state index contributed by atoms with van der Waals surface area (Å²) in [5.74, 6) is 3.39. The normalized spacial score (nSPS) is 15.3. The maximum absolute atomic E-state index is 6.96. The van der Waals surface area contributed by atoms with Crippen molar-refractivity contribution >= 4 is 64.3 Å². The fraction of sp³-hybridized carbons (Fsp3) is 0.106. The molecule has 3 aliphatic heterocycles. The number of fused-ring (bicyclic) bond motifs is 6. The molecule has 258 valence electrons. The van der Waals surface area contributed by atoms with Gasteiger partial charge >= 0.3 is 0 Å². The van der Waals surface area contributed by atoms with Gasteiger partial charge in [0, 0.05) is 38.1 Å². The molecule has 53 heavy (non-hydrogen) atoms. The van der Waals surface area contributed by atoms with Crippen LogP contribution in [-0.2, 0) is 5.41 Å². The summed E-state index contributed by atoms with van der Waals surface area (Å²) in [6.07, 6.45) is 0. The zero-order chi connectivity index (χ0) is 35.9. The zero-order valence-corrected chi connectivity index (χ0v) is 31.9. The maximum Gasteiger partial charge on any atom is 0.155 e. The molecule has 0 atom stereocenters. The highest BCUT2D eigenvalue weighted by Crippen LogP contribution is 2.57. The van der Waals surface area contributed by atoms with Gasteiger partial charge in [-0.3, -0.25) is 0 Å². The summed E-state index contributed by atoms with van der Waals surface area (Å²) in [5, 5.41) is 2.93. The lowest BCUT2D eigenvalue weighted by molar-refractivity contribution is 0.419. The van der Waals surface area contributed by atoms with Crippen molar-refractivity contribution in [2.45, 2.75) is 42.1 Å². The van der Waals surface area contributed by atoms with Crippen LogP contribution in [0.15, 0.2) is 168 Å². The van der Waals surface area contributed by atoms with Crippen molar-refractivity contribution in [1.29, 1.82) is 0 Å². The Labute approximate surface area is 316 Å². The van der Waals surface area contributed by atoms with Gasteiger partial charge in [-0.25, -0.2) is 0 Å². The van der Waals surface area contributed by atoms with Crippen LogP contribution >= 0.6 is 11.8 Å². The van der Waals surface area contributed by atoms with Crippen LogP contribution in [-0.4, -0.2) is 8.07 Å². The van der Waals surface area contributed by atoms with E-state index in [1.165, 1.54) is 25.7 Å². The highest BCUT2D eigenvalue weighted by molar-refractivity contribution is 8.00. The van der Waals surface area contributed by atoms with Crippen molar-refractivity contribution in [3.05, 3.63) is 169 Å². The number of hydrogen-bond acceptors (Lipinski definition) is 5. The van der Waals surface area contributed by atoms with Gasteiger partial charge in [0.05, 0.1) is 28.4 Å². The molecule has 4 nitrogen and oxygen atoms in total. The van der Waals surface area contributed by atoms with E-state index in [1.54, 1.807) is 0 Å². The highest BCUT2D eigenvalue weighted by atomic mass is 32.2. The lowest BCUT2D eigenvalue weighted by Gasteiger charge is -2.39. The van der Waals surface area contributed by atoms with Crippen molar-refractivity contribution in [3.63, 3.8) is 0 Å². The predicted octanol–water partition coefficient (Wildman–Crippen LogP) is 12.5. The molecule has 7 aromatic carbocycles. The van der Waals surface area contributed by atoms with Gasteiger partial charge in [0.15, 0.2) is 17.2 Å². The second kappa shape index (κ2) is 11.9. The van der Waals surface area contributed by atoms with Crippen LogP contribution in [0.4, 0.5) is 34.1 Å². The Morgan fingerprint density at radius 1 is 0.566 bits per heavy atom. The number of ether oxygens (including phenoxy) is 2. The van der Waals surface area contributed by atoms with Crippen LogP contribution in [0, 0.1) is 0 Å². The minimum absolute atomic E-state index is 0.260. The molecule has 0 unspecified atom stereocenters. The molecule has 7 aromatic rings. The van der Waals surface area contributed by atoms with Gasteiger partial charge in [-0.05, 0) is 71.0 Å². The van der Waals surface area contributed by atoms with Crippen LogP contribution in [0.5, 0.6) is 23.0 Å². The van der Waals surface area contributed by atoms with E-state index in [-0.39, 0.29) is 5.41 Å². The summed E-state index contributed by atoms with van der Waals surface area (Å²) < 4.78 is 13.7. The van der Waals surface area contributed by atoms with Gasteiger partial charge in [0.1, 0.15) is 13.8 Å². The number of nitrogens with zero attached hydrogens (tertiary/aromatic N) is 2. The minimum atomic E-state index is -2.03. The van der Waals surface area contributed by atoms with Gasteiger partial charge in [-0.1, -0.05) is 130 Å². The standard InChI is InChI=1S/C47H38N2O2SSi/c1-47(2)33-18-8-10-23-39(33)51-45-34(47)19-14-21-37(45)49(38-22-15-27-44-46(38)52-42-25-12-13-26-43(42)53(44,3)4)32-28-29-36-41(30-32)50-40-24-11-9-20-35(40)48(36)31-16-6-5-7-17-31/h5-30H,1-4H3. The molecule has 0 amide bonds. The Kier molecular flexibility index (Phi) is 7.19. The number of hydrogen-bond donors (Lipinski definition) is 0. The van der Waals surface area contributed by atoms with E-state index in [0.29, 0.717) is 0 Å². The third-order valence-corrected chi connectivity index (χ3v) is 16.3. The average Bonchev–Trinajstić information content (AvgIpc) is 3.18. The largest absolute Gasteiger partial charge is 0.455 e. The molecule has 0 saturated heterocycles. The topological polar surface area (TPSA) is 24.9 Å². The molecule has 3 aliphatic rings. The fourth-order valence-electron chi connectivity index (χ4n) is 8.40. The second-order valence-electron chi connectivity index (χ2n) is 15.0. The van der Waals surface area contributed by atoms with Gasteiger partial charge < -0.3 is 19.3 Å². The molecule has 0 radical (unpaired) electrons. The minimum Gasteiger partial charge on any atom is -0.455 e. The van der Waals surface area contributed by atoms with Crippen LogP contribution in [0.3, 0.4) is 0 Å². The summed E-state index contributed by atoms with van der Waals surface area (Å²) in [5.41, 5.74) is 8.31. The highest BCUT2D eigenvalue weighted by Gasteiger charge is 2.40. The van der Waals surface area contributed by atoms with E-state index in [9.17, 15) is 0 Å². The van der Waals surface area contributed by atoms with E-state index < -0.39 is 8.07 Å². The zero-order valence-electron chi connectivity index (χ0n) is 30.1. The first-order chi connectivity index (χ1) is 25.8. The monoisotopic (exact) mass is 722 g/mol. The first-order valence-corrected chi connectivity index (χ1v) is 22.0. The lowest BCUT2D eigenvalue weighted by Crippen LogP contribution is -2.56. The molecule has 0 N–H and O–H groups in total. The number of rotatable bonds is 4. The summed E-state index contributed by atoms with van der Waals surface area (Å²) in [7, 11) is -2.03. The first kappa shape index (κ1) is 32.0. The summed E-state index contributed by atoms with van der Waals surface area (Å²) >= 11 is 1.88. The molecular weight excluding hydrogens is 685 g/mol. The van der Waals surface area contributed by atoms with E-state index in [2.05, 4.69) is 182 Å². The van der Waals surface area contributed by atoms with E-state index in [0.717, 1.165) is 62.7 Å². The molecule has 0 aromatic heterocycles. The average molecular weight is 723 g/mol. The third-order valence-electron chi connectivity index (χ3n) is 11.1. The fourth-order valence-corrected chi connectivity index (χ4v) is 13.9. The molecule has 0 saturated carbocycles. The van der Waals surface area contributed by atoms with E-state index in [4.69, 9.17) is 9.47 Å². The smallest absolute Gasteiger partial charge is 0.155 e. The van der Waals surface area contributed by atoms with E-state index in [1.807, 2.05) is 23.9 Å². The SMILES string of the molecule is CC1(C)c2ccccc2Oc2c(N(c3ccc4c(c3)Oc3ccccc3N4c3ccccc3)c3cccc4c3Sc3ccccc3[Si]4(C)C)cccc21. The second-order valence-corrected chi connectivity index (χ2v) is 20.4. The third kappa shape index (κ3) is 4.89. The van der Waals surface area contributed by atoms with Gasteiger partial charge in [-0.2, -0.15) is 0 Å². The van der Waals surface area contributed by atoms with Crippen molar-refractivity contribution in [2.75, 3.05) is 9.80 Å². The summed E-state index contributed by atoms with van der Waals surface area (Å²) in [6.45, 7) is 9.56. The van der Waals surface area contributed by atoms with Crippen LogP contribution in [0.1, 0.15) is 25.0 Å². The van der Waals surface area contributed by atoms with Crippen LogP contribution < -0.4 is 29.6 Å². The molecule has 6 heteroatoms. The summed E-state index contributed by atoms with van der Waals surface area (Å²) in [4.78, 5) is 7.34. The Morgan fingerprint density at radius 3 is 2.09 bits per heavy atom. The molecule has 10 rings (SSSR count). The number of para-hydroxylation sites is 5. The van der Waals surface area contributed by atoms with Gasteiger partial charge in [0.2, 0.25) is 0 Å². The first-order valence-electron chi connectivity index (χ1n) is 18.2. The van der Waals surface area contributed by atoms with Gasteiger partial charge in [0.25, 0.3) is 0 Å². The quantitative estimate of drug-likeness (QED) is 0.168. The van der Waals surface area contributed by atoms with Crippen molar-refractivity contribution in [2.24, 2.45) is 0 Å². The van der Waals surface area contributed by atoms with Gasteiger partial charge in [-0.15, -0.1) is 0 Å². The molecule has 0 fully saturated rings. The molecule has 0 bridgehead atoms. The Morgan fingerprint density at radius 2 is 1.23 bits per heavy atom. The van der Waals surface area contributed by atoms with Crippen molar-refractivity contribution in [1.82, 2.24) is 0 Å². The maximum atomic E-state index is 6.96. The molecule has 3 heterocycles. The number of benzene rings is 7. The Balaban J connectivity index is 1.21. The lowest BCUT2D eigenvalue weighted by atomic mass is 9.75. The predicted molar refractivity (Wildman–Crippen MR) is 222 cm³/mol.